The molecule has 0 radical (unpaired) electrons. The number of carbonyl (C=O) groups excluding carboxylic acids is 1. The van der Waals surface area contributed by atoms with Crippen LogP contribution in [0.1, 0.15) is 50.3 Å². The fourth-order valence-corrected chi connectivity index (χ4v) is 4.27. The molecule has 0 atom stereocenters. The van der Waals surface area contributed by atoms with Crippen molar-refractivity contribution in [2.75, 3.05) is 44.2 Å². The van der Waals surface area contributed by atoms with Crippen molar-refractivity contribution in [3.05, 3.63) is 58.9 Å². The molecule has 2 aliphatic heterocycles. The Morgan fingerprint density at radius 1 is 0.972 bits per heavy atom. The summed E-state index contributed by atoms with van der Waals surface area (Å²) in [6, 6.07) is 11.3. The molecule has 2 saturated heterocycles. The second-order valence-corrected chi connectivity index (χ2v) is 10.2. The molecule has 2 aliphatic rings. The summed E-state index contributed by atoms with van der Waals surface area (Å²) in [4.78, 5) is 16.3. The third-order valence-electron chi connectivity index (χ3n) is 6.22. The Kier molecular flexibility index (Phi) is 7.82. The smallest absolute Gasteiger partial charge is 0.410 e. The molecule has 2 aromatic carbocycles. The number of nitrogens with zero attached hydrogens (tertiary/aromatic N) is 4. The molecule has 1 amide bonds. The van der Waals surface area contributed by atoms with Crippen molar-refractivity contribution in [2.24, 2.45) is 5.10 Å². The lowest BCUT2D eigenvalue weighted by Gasteiger charge is -2.34. The van der Waals surface area contributed by atoms with Crippen molar-refractivity contribution in [3.8, 4) is 5.75 Å². The number of phenolic OH excluding ortho intramolecular Hbond substituents is 1. The van der Waals surface area contributed by atoms with E-state index in [1.807, 2.05) is 32.9 Å². The molecule has 0 aliphatic carbocycles. The minimum Gasteiger partial charge on any atom is -0.504 e. The summed E-state index contributed by atoms with van der Waals surface area (Å²) in [5, 5.41) is 16.4. The first-order valence-corrected chi connectivity index (χ1v) is 12.5. The second-order valence-electron chi connectivity index (χ2n) is 10.2. The molecule has 0 bridgehead atoms. The Morgan fingerprint density at radius 2 is 1.61 bits per heavy atom. The lowest BCUT2D eigenvalue weighted by molar-refractivity contribution is 0.0148. The molecule has 0 aromatic heterocycles. The monoisotopic (exact) mass is 494 g/mol. The van der Waals surface area contributed by atoms with Crippen LogP contribution in [0.3, 0.4) is 0 Å². The number of rotatable bonds is 5. The van der Waals surface area contributed by atoms with Crippen LogP contribution in [-0.2, 0) is 4.74 Å². The van der Waals surface area contributed by atoms with Crippen LogP contribution in [0.4, 0.5) is 14.9 Å². The standard InChI is InChI=1S/C28H35FN4O3/c1-28(2,3)36-27(35)32-14-16-33(17-15-32)30-20-23-18-22(19-25(29)26(23)34)7-6-21-8-10-24(11-9-21)31-12-4-5-13-31/h6-11,18-20,34H,4-5,12-17H2,1-3H3/b7-6+,30-20+. The summed E-state index contributed by atoms with van der Waals surface area (Å²) < 4.78 is 19.8. The van der Waals surface area contributed by atoms with Crippen molar-refractivity contribution >= 4 is 30.1 Å². The van der Waals surface area contributed by atoms with Gasteiger partial charge in [-0.05, 0) is 69.0 Å². The first kappa shape index (κ1) is 25.5. The third-order valence-corrected chi connectivity index (χ3v) is 6.22. The van der Waals surface area contributed by atoms with E-state index in [1.165, 1.54) is 30.8 Å². The quantitative estimate of drug-likeness (QED) is 0.458. The van der Waals surface area contributed by atoms with Gasteiger partial charge in [0.1, 0.15) is 5.60 Å². The van der Waals surface area contributed by atoms with Crippen molar-refractivity contribution < 1.29 is 19.0 Å². The van der Waals surface area contributed by atoms with Crippen LogP contribution >= 0.6 is 0 Å². The van der Waals surface area contributed by atoms with E-state index in [4.69, 9.17) is 4.74 Å². The molecule has 36 heavy (non-hydrogen) atoms. The minimum atomic E-state index is -0.697. The van der Waals surface area contributed by atoms with Gasteiger partial charge in [0.05, 0.1) is 19.3 Å². The Bertz CT molecular complexity index is 1110. The maximum atomic E-state index is 14.4. The van der Waals surface area contributed by atoms with Gasteiger partial charge >= 0.3 is 6.09 Å². The molecular formula is C28H35FN4O3. The molecule has 8 heteroatoms. The van der Waals surface area contributed by atoms with Gasteiger partial charge in [-0.2, -0.15) is 5.10 Å². The molecule has 0 spiro atoms. The number of amides is 1. The zero-order valence-corrected chi connectivity index (χ0v) is 21.3. The summed E-state index contributed by atoms with van der Waals surface area (Å²) in [6.07, 6.45) is 7.35. The van der Waals surface area contributed by atoms with Crippen LogP contribution in [-0.4, -0.2) is 72.2 Å². The highest BCUT2D eigenvalue weighted by Gasteiger charge is 2.25. The van der Waals surface area contributed by atoms with Gasteiger partial charge in [0, 0.05) is 37.4 Å². The molecule has 2 fully saturated rings. The van der Waals surface area contributed by atoms with Crippen molar-refractivity contribution in [3.63, 3.8) is 0 Å². The molecule has 192 valence electrons. The zero-order valence-electron chi connectivity index (χ0n) is 21.3. The van der Waals surface area contributed by atoms with E-state index in [0.717, 1.165) is 18.7 Å². The van der Waals surface area contributed by atoms with Crippen molar-refractivity contribution in [1.82, 2.24) is 9.91 Å². The van der Waals surface area contributed by atoms with Crippen LogP contribution < -0.4 is 4.90 Å². The van der Waals surface area contributed by atoms with E-state index in [0.29, 0.717) is 37.3 Å². The Labute approximate surface area is 212 Å². The average molecular weight is 495 g/mol. The van der Waals surface area contributed by atoms with E-state index in [2.05, 4.69) is 34.3 Å². The number of ether oxygens (including phenoxy) is 1. The van der Waals surface area contributed by atoms with Gasteiger partial charge in [0.15, 0.2) is 11.6 Å². The van der Waals surface area contributed by atoms with Gasteiger partial charge in [-0.15, -0.1) is 0 Å². The Morgan fingerprint density at radius 3 is 2.25 bits per heavy atom. The number of carbonyl (C=O) groups is 1. The van der Waals surface area contributed by atoms with Gasteiger partial charge in [-0.1, -0.05) is 24.3 Å². The summed E-state index contributed by atoms with van der Waals surface area (Å²) >= 11 is 0. The number of anilines is 1. The average Bonchev–Trinajstić information content (AvgIpc) is 3.38. The molecule has 7 nitrogen and oxygen atoms in total. The fourth-order valence-electron chi connectivity index (χ4n) is 4.27. The van der Waals surface area contributed by atoms with E-state index >= 15 is 0 Å². The van der Waals surface area contributed by atoms with Crippen LogP contribution in [0.5, 0.6) is 5.75 Å². The van der Waals surface area contributed by atoms with Crippen molar-refractivity contribution in [1.29, 1.82) is 0 Å². The molecule has 2 aromatic rings. The molecule has 0 saturated carbocycles. The number of hydrazone groups is 1. The third kappa shape index (κ3) is 6.77. The van der Waals surface area contributed by atoms with E-state index < -0.39 is 17.2 Å². The van der Waals surface area contributed by atoms with Gasteiger partial charge < -0.3 is 19.6 Å². The number of aromatic hydroxyl groups is 1. The highest BCUT2D eigenvalue weighted by Crippen LogP contribution is 2.24. The lowest BCUT2D eigenvalue weighted by atomic mass is 10.1. The molecule has 1 N–H and O–H groups in total. The fraction of sp³-hybridized carbons (Fsp3) is 0.429. The van der Waals surface area contributed by atoms with E-state index in [1.54, 1.807) is 16.0 Å². The number of phenols is 1. The summed E-state index contributed by atoms with van der Waals surface area (Å²) in [5.74, 6) is -1.13. The maximum absolute atomic E-state index is 14.4. The van der Waals surface area contributed by atoms with Crippen LogP contribution in [0, 0.1) is 5.82 Å². The number of piperazine rings is 1. The topological polar surface area (TPSA) is 68.6 Å². The van der Waals surface area contributed by atoms with Gasteiger partial charge in [-0.3, -0.25) is 5.01 Å². The second kappa shape index (κ2) is 11.0. The van der Waals surface area contributed by atoms with E-state index in [9.17, 15) is 14.3 Å². The Hall–Kier alpha value is -3.55. The highest BCUT2D eigenvalue weighted by atomic mass is 19.1. The van der Waals surface area contributed by atoms with Gasteiger partial charge in [0.25, 0.3) is 0 Å². The molecular weight excluding hydrogens is 459 g/mol. The highest BCUT2D eigenvalue weighted by molar-refractivity contribution is 5.85. The molecule has 2 heterocycles. The molecule has 0 unspecified atom stereocenters. The number of benzene rings is 2. The number of halogens is 1. The minimum absolute atomic E-state index is 0.300. The Balaban J connectivity index is 1.37. The predicted octanol–water partition coefficient (Wildman–Crippen LogP) is 5.19. The predicted molar refractivity (Wildman–Crippen MR) is 142 cm³/mol. The van der Waals surface area contributed by atoms with Crippen LogP contribution in [0.15, 0.2) is 41.5 Å². The lowest BCUT2D eigenvalue weighted by Crippen LogP contribution is -2.48. The first-order chi connectivity index (χ1) is 17.2. The summed E-state index contributed by atoms with van der Waals surface area (Å²) in [5.41, 5.74) is 2.64. The van der Waals surface area contributed by atoms with Gasteiger partial charge in [0.2, 0.25) is 0 Å². The molecule has 4 rings (SSSR count). The zero-order chi connectivity index (χ0) is 25.7. The maximum Gasteiger partial charge on any atom is 0.410 e. The summed E-state index contributed by atoms with van der Waals surface area (Å²) in [7, 11) is 0. The first-order valence-electron chi connectivity index (χ1n) is 12.5. The van der Waals surface area contributed by atoms with E-state index in [-0.39, 0.29) is 6.09 Å². The normalized spacial score (nSPS) is 16.9. The van der Waals surface area contributed by atoms with Crippen LogP contribution in [0.25, 0.3) is 12.2 Å². The number of hydrogen-bond donors (Lipinski definition) is 1. The SMILES string of the molecule is CC(C)(C)OC(=O)N1CCN(/N=C/c2cc(/C=C/c3ccc(N4CCCC4)cc3)cc(F)c2O)CC1. The van der Waals surface area contributed by atoms with Crippen LogP contribution in [0.2, 0.25) is 0 Å². The summed E-state index contributed by atoms with van der Waals surface area (Å²) in [6.45, 7) is 9.72. The number of hydrogen-bond acceptors (Lipinski definition) is 6. The van der Waals surface area contributed by atoms with Gasteiger partial charge in [-0.25, -0.2) is 9.18 Å². The van der Waals surface area contributed by atoms with Crippen molar-refractivity contribution in [2.45, 2.75) is 39.2 Å². The largest absolute Gasteiger partial charge is 0.504 e.